The highest BCUT2D eigenvalue weighted by Gasteiger charge is 2.11. The first-order chi connectivity index (χ1) is 9.84. The van der Waals surface area contributed by atoms with Gasteiger partial charge in [0, 0.05) is 19.0 Å². The molecule has 6 nitrogen and oxygen atoms in total. The summed E-state index contributed by atoms with van der Waals surface area (Å²) in [7, 11) is -3.29. The Morgan fingerprint density at radius 2 is 2.14 bits per heavy atom. The van der Waals surface area contributed by atoms with E-state index in [-0.39, 0.29) is 17.3 Å². The summed E-state index contributed by atoms with van der Waals surface area (Å²) in [5, 5.41) is 6.64. The highest BCUT2D eigenvalue weighted by atomic mass is 32.2. The number of hydrogen-bond donors (Lipinski definition) is 1. The third kappa shape index (κ3) is 4.42. The number of carbonyl (C=O) groups is 1. The molecule has 0 spiro atoms. The third-order valence-electron chi connectivity index (χ3n) is 2.92. The van der Waals surface area contributed by atoms with Gasteiger partial charge >= 0.3 is 0 Å². The Hall–Kier alpha value is -2.15. The molecule has 1 aromatic carbocycles. The standard InChI is InChI=1S/C14H17N3O3S/c1-11-4-3-5-12(6-11)7-15-14(18)10-17-9-13(8-16-17)21(2,19)20/h3-6,8-9H,7,10H2,1-2H3,(H,15,18). The number of amides is 1. The van der Waals surface area contributed by atoms with Crippen molar-refractivity contribution in [2.24, 2.45) is 0 Å². The molecule has 7 heteroatoms. The molecule has 21 heavy (non-hydrogen) atoms. The van der Waals surface area contributed by atoms with Gasteiger partial charge in [0.25, 0.3) is 0 Å². The Balaban J connectivity index is 1.92. The zero-order valence-corrected chi connectivity index (χ0v) is 12.7. The van der Waals surface area contributed by atoms with Gasteiger partial charge in [-0.15, -0.1) is 0 Å². The van der Waals surface area contributed by atoms with Gasteiger partial charge in [0.05, 0.1) is 6.20 Å². The van der Waals surface area contributed by atoms with Crippen LogP contribution in [0.25, 0.3) is 0 Å². The highest BCUT2D eigenvalue weighted by Crippen LogP contribution is 2.06. The summed E-state index contributed by atoms with van der Waals surface area (Å²) in [6.45, 7) is 2.41. The van der Waals surface area contributed by atoms with E-state index in [4.69, 9.17) is 0 Å². The second kappa shape index (κ2) is 6.09. The Morgan fingerprint density at radius 1 is 1.38 bits per heavy atom. The zero-order chi connectivity index (χ0) is 15.5. The van der Waals surface area contributed by atoms with Gasteiger partial charge in [0.15, 0.2) is 9.84 Å². The third-order valence-corrected chi connectivity index (χ3v) is 3.98. The molecule has 2 rings (SSSR count). The van der Waals surface area contributed by atoms with Crippen molar-refractivity contribution in [3.63, 3.8) is 0 Å². The molecule has 0 aliphatic rings. The normalized spacial score (nSPS) is 11.3. The molecule has 0 aliphatic carbocycles. The molecule has 1 heterocycles. The van der Waals surface area contributed by atoms with Gasteiger partial charge < -0.3 is 5.32 Å². The summed E-state index contributed by atoms with van der Waals surface area (Å²) in [6, 6.07) is 7.85. The van der Waals surface area contributed by atoms with Crippen molar-refractivity contribution < 1.29 is 13.2 Å². The van der Waals surface area contributed by atoms with E-state index in [1.54, 1.807) is 0 Å². The predicted octanol–water partition coefficient (Wildman–Crippen LogP) is 0.911. The van der Waals surface area contributed by atoms with Crippen LogP contribution in [0.4, 0.5) is 0 Å². The molecular weight excluding hydrogens is 290 g/mol. The lowest BCUT2D eigenvalue weighted by atomic mass is 10.1. The van der Waals surface area contributed by atoms with E-state index < -0.39 is 9.84 Å². The molecule has 0 atom stereocenters. The van der Waals surface area contributed by atoms with Crippen molar-refractivity contribution >= 4 is 15.7 Å². The molecule has 112 valence electrons. The predicted molar refractivity (Wildman–Crippen MR) is 78.4 cm³/mol. The van der Waals surface area contributed by atoms with E-state index in [1.807, 2.05) is 31.2 Å². The highest BCUT2D eigenvalue weighted by molar-refractivity contribution is 7.90. The molecule has 0 saturated heterocycles. The lowest BCUT2D eigenvalue weighted by Crippen LogP contribution is -2.27. The van der Waals surface area contributed by atoms with Crippen molar-refractivity contribution in [1.82, 2.24) is 15.1 Å². The van der Waals surface area contributed by atoms with Crippen LogP contribution in [0.1, 0.15) is 11.1 Å². The number of sulfone groups is 1. The second-order valence-corrected chi connectivity index (χ2v) is 6.93. The lowest BCUT2D eigenvalue weighted by molar-refractivity contribution is -0.122. The summed E-state index contributed by atoms with van der Waals surface area (Å²) in [5.74, 6) is -0.223. The average Bonchev–Trinajstić information content (AvgIpc) is 2.85. The molecule has 1 N–H and O–H groups in total. The van der Waals surface area contributed by atoms with Crippen LogP contribution in [0.5, 0.6) is 0 Å². The van der Waals surface area contributed by atoms with E-state index in [9.17, 15) is 13.2 Å². The van der Waals surface area contributed by atoms with Gasteiger partial charge in [0.1, 0.15) is 11.4 Å². The smallest absolute Gasteiger partial charge is 0.241 e. The van der Waals surface area contributed by atoms with Crippen LogP contribution in [-0.2, 0) is 27.7 Å². The minimum atomic E-state index is -3.29. The fourth-order valence-corrected chi connectivity index (χ4v) is 2.40. The Labute approximate surface area is 123 Å². The lowest BCUT2D eigenvalue weighted by Gasteiger charge is -2.06. The van der Waals surface area contributed by atoms with Crippen LogP contribution in [0.2, 0.25) is 0 Å². The van der Waals surface area contributed by atoms with Crippen molar-refractivity contribution in [1.29, 1.82) is 0 Å². The summed E-state index contributed by atoms with van der Waals surface area (Å²) in [6.07, 6.45) is 3.69. The van der Waals surface area contributed by atoms with E-state index >= 15 is 0 Å². The summed E-state index contributed by atoms with van der Waals surface area (Å²) in [5.41, 5.74) is 2.15. The number of rotatable bonds is 5. The topological polar surface area (TPSA) is 81.1 Å². The van der Waals surface area contributed by atoms with Crippen LogP contribution in [0.15, 0.2) is 41.6 Å². The molecular formula is C14H17N3O3S. The molecule has 0 fully saturated rings. The van der Waals surface area contributed by atoms with Crippen molar-refractivity contribution in [3.05, 3.63) is 47.8 Å². The number of aryl methyl sites for hydroxylation is 1. The number of carbonyl (C=O) groups excluding carboxylic acids is 1. The van der Waals surface area contributed by atoms with Gasteiger partial charge in [-0.1, -0.05) is 29.8 Å². The van der Waals surface area contributed by atoms with Crippen molar-refractivity contribution in [2.75, 3.05) is 6.26 Å². The number of aromatic nitrogens is 2. The van der Waals surface area contributed by atoms with E-state index in [0.717, 1.165) is 17.4 Å². The molecule has 0 aliphatic heterocycles. The monoisotopic (exact) mass is 307 g/mol. The van der Waals surface area contributed by atoms with Crippen molar-refractivity contribution in [3.8, 4) is 0 Å². The number of nitrogens with zero attached hydrogens (tertiary/aromatic N) is 2. The molecule has 1 amide bonds. The number of benzene rings is 1. The average molecular weight is 307 g/mol. The van der Waals surface area contributed by atoms with Gasteiger partial charge in [-0.3, -0.25) is 9.48 Å². The molecule has 0 unspecified atom stereocenters. The summed E-state index contributed by atoms with van der Waals surface area (Å²) < 4.78 is 23.9. The zero-order valence-electron chi connectivity index (χ0n) is 11.9. The van der Waals surface area contributed by atoms with Gasteiger partial charge in [-0.25, -0.2) is 8.42 Å². The first-order valence-corrected chi connectivity index (χ1v) is 8.28. The maximum absolute atomic E-state index is 11.8. The number of nitrogens with one attached hydrogen (secondary N) is 1. The Kier molecular flexibility index (Phi) is 4.42. The van der Waals surface area contributed by atoms with E-state index in [2.05, 4.69) is 10.4 Å². The molecule has 0 radical (unpaired) electrons. The number of hydrogen-bond acceptors (Lipinski definition) is 4. The second-order valence-electron chi connectivity index (χ2n) is 4.91. The van der Waals surface area contributed by atoms with Crippen LogP contribution in [0.3, 0.4) is 0 Å². The minimum Gasteiger partial charge on any atom is -0.350 e. The van der Waals surface area contributed by atoms with Crippen LogP contribution < -0.4 is 5.32 Å². The molecule has 2 aromatic rings. The minimum absolute atomic E-state index is 0.0126. The first-order valence-electron chi connectivity index (χ1n) is 6.39. The van der Waals surface area contributed by atoms with E-state index in [0.29, 0.717) is 6.54 Å². The van der Waals surface area contributed by atoms with Gasteiger partial charge in [0.2, 0.25) is 5.91 Å². The molecule has 0 saturated carbocycles. The fourth-order valence-electron chi connectivity index (χ4n) is 1.85. The van der Waals surface area contributed by atoms with Crippen LogP contribution in [-0.4, -0.2) is 30.4 Å². The quantitative estimate of drug-likeness (QED) is 0.890. The van der Waals surface area contributed by atoms with Gasteiger partial charge in [-0.2, -0.15) is 5.10 Å². The van der Waals surface area contributed by atoms with Crippen LogP contribution >= 0.6 is 0 Å². The molecule has 1 aromatic heterocycles. The SMILES string of the molecule is Cc1cccc(CNC(=O)Cn2cc(S(C)(=O)=O)cn2)c1. The Bertz CT molecular complexity index is 750. The van der Waals surface area contributed by atoms with Gasteiger partial charge in [-0.05, 0) is 12.5 Å². The summed E-state index contributed by atoms with van der Waals surface area (Å²) >= 11 is 0. The molecule has 0 bridgehead atoms. The largest absolute Gasteiger partial charge is 0.350 e. The van der Waals surface area contributed by atoms with Crippen LogP contribution in [0, 0.1) is 6.92 Å². The first kappa shape index (κ1) is 15.2. The fraction of sp³-hybridized carbons (Fsp3) is 0.286. The Morgan fingerprint density at radius 3 is 2.76 bits per heavy atom. The summed E-state index contributed by atoms with van der Waals surface area (Å²) in [4.78, 5) is 11.9. The maximum Gasteiger partial charge on any atom is 0.241 e. The maximum atomic E-state index is 11.8. The van der Waals surface area contributed by atoms with E-state index in [1.165, 1.54) is 17.1 Å². The van der Waals surface area contributed by atoms with Crippen molar-refractivity contribution in [2.45, 2.75) is 24.9 Å².